The highest BCUT2D eigenvalue weighted by molar-refractivity contribution is 7.98. The Morgan fingerprint density at radius 2 is 1.96 bits per heavy atom. The molecule has 6 nitrogen and oxygen atoms in total. The predicted molar refractivity (Wildman–Crippen MR) is 104 cm³/mol. The highest BCUT2D eigenvalue weighted by Gasteiger charge is 2.29. The lowest BCUT2D eigenvalue weighted by atomic mass is 10.0. The first-order valence-electron chi connectivity index (χ1n) is 8.81. The van der Waals surface area contributed by atoms with Crippen LogP contribution in [0.3, 0.4) is 0 Å². The molecular formula is C19H26N4O2S. The predicted octanol–water partition coefficient (Wildman–Crippen LogP) is 2.43. The highest BCUT2D eigenvalue weighted by atomic mass is 32.2. The lowest BCUT2D eigenvalue weighted by Crippen LogP contribution is -2.55. The van der Waals surface area contributed by atoms with E-state index in [4.69, 9.17) is 4.74 Å². The minimum absolute atomic E-state index is 0.108. The molecule has 2 aromatic rings. The fourth-order valence-electron chi connectivity index (χ4n) is 3.13. The highest BCUT2D eigenvalue weighted by Crippen LogP contribution is 2.22. The van der Waals surface area contributed by atoms with Crippen LogP contribution in [0, 0.1) is 0 Å². The monoisotopic (exact) mass is 374 g/mol. The molecule has 1 aliphatic rings. The average Bonchev–Trinajstić information content (AvgIpc) is 3.12. The standard InChI is InChI=1S/C19H26N4O2S/c1-19(2,22-9-11-25-12-10-22)14-21-17(24)16-13-20-18(26-3)23(16)15-7-5-4-6-8-15/h4-8,13H,9-12,14H2,1-3H3,(H,21,24). The van der Waals surface area contributed by atoms with Crippen molar-refractivity contribution in [3.05, 3.63) is 42.2 Å². The zero-order chi connectivity index (χ0) is 18.6. The van der Waals surface area contributed by atoms with E-state index in [2.05, 4.69) is 29.0 Å². The summed E-state index contributed by atoms with van der Waals surface area (Å²) in [5.41, 5.74) is 1.37. The molecule has 1 aliphatic heterocycles. The van der Waals surface area contributed by atoms with Crippen molar-refractivity contribution in [3.63, 3.8) is 0 Å². The van der Waals surface area contributed by atoms with Gasteiger partial charge in [-0.3, -0.25) is 14.3 Å². The molecule has 1 N–H and O–H groups in total. The van der Waals surface area contributed by atoms with Crippen LogP contribution in [-0.4, -0.2) is 65.0 Å². The summed E-state index contributed by atoms with van der Waals surface area (Å²) in [6.07, 6.45) is 3.61. The van der Waals surface area contributed by atoms with Crippen molar-refractivity contribution in [1.82, 2.24) is 19.8 Å². The van der Waals surface area contributed by atoms with Crippen LogP contribution in [0.1, 0.15) is 24.3 Å². The van der Waals surface area contributed by atoms with Crippen LogP contribution in [0.2, 0.25) is 0 Å². The van der Waals surface area contributed by atoms with Crippen molar-refractivity contribution in [3.8, 4) is 5.69 Å². The van der Waals surface area contributed by atoms with E-state index in [-0.39, 0.29) is 11.4 Å². The van der Waals surface area contributed by atoms with Crippen LogP contribution in [0.4, 0.5) is 0 Å². The van der Waals surface area contributed by atoms with Gasteiger partial charge in [-0.05, 0) is 32.2 Å². The van der Waals surface area contributed by atoms with Gasteiger partial charge in [-0.25, -0.2) is 4.98 Å². The molecule has 2 heterocycles. The van der Waals surface area contributed by atoms with E-state index in [9.17, 15) is 4.79 Å². The number of rotatable bonds is 6. The molecule has 0 radical (unpaired) electrons. The molecule has 0 unspecified atom stereocenters. The number of benzene rings is 1. The number of imidazole rings is 1. The van der Waals surface area contributed by atoms with Crippen LogP contribution >= 0.6 is 11.8 Å². The van der Waals surface area contributed by atoms with Gasteiger partial charge in [-0.1, -0.05) is 30.0 Å². The summed E-state index contributed by atoms with van der Waals surface area (Å²) in [5, 5.41) is 3.89. The van der Waals surface area contributed by atoms with Gasteiger partial charge < -0.3 is 10.1 Å². The van der Waals surface area contributed by atoms with Crippen LogP contribution in [0.5, 0.6) is 0 Å². The van der Waals surface area contributed by atoms with E-state index in [1.54, 1.807) is 6.20 Å². The first-order chi connectivity index (χ1) is 12.5. The number of hydrogen-bond acceptors (Lipinski definition) is 5. The maximum absolute atomic E-state index is 12.9. The minimum atomic E-state index is -0.126. The normalized spacial score (nSPS) is 15.8. The molecule has 1 amide bonds. The van der Waals surface area contributed by atoms with Gasteiger partial charge in [0, 0.05) is 30.9 Å². The molecule has 7 heteroatoms. The maximum Gasteiger partial charge on any atom is 0.270 e. The summed E-state index contributed by atoms with van der Waals surface area (Å²) in [6, 6.07) is 9.85. The Morgan fingerprint density at radius 3 is 2.62 bits per heavy atom. The lowest BCUT2D eigenvalue weighted by molar-refractivity contribution is -0.00925. The molecule has 140 valence electrons. The van der Waals surface area contributed by atoms with E-state index >= 15 is 0 Å². The van der Waals surface area contributed by atoms with Gasteiger partial charge in [0.1, 0.15) is 5.69 Å². The molecule has 1 saturated heterocycles. The molecule has 0 saturated carbocycles. The number of amides is 1. The molecule has 1 aromatic carbocycles. The number of para-hydroxylation sites is 1. The summed E-state index contributed by atoms with van der Waals surface area (Å²) in [5.74, 6) is -0.108. The number of thioether (sulfide) groups is 1. The second-order valence-corrected chi connectivity index (χ2v) is 7.67. The van der Waals surface area contributed by atoms with Crippen molar-refractivity contribution in [1.29, 1.82) is 0 Å². The zero-order valence-corrected chi connectivity index (χ0v) is 16.4. The molecular weight excluding hydrogens is 348 g/mol. The van der Waals surface area contributed by atoms with Crippen molar-refractivity contribution in [2.45, 2.75) is 24.5 Å². The van der Waals surface area contributed by atoms with Gasteiger partial charge in [0.05, 0.1) is 19.4 Å². The fraction of sp³-hybridized carbons (Fsp3) is 0.474. The van der Waals surface area contributed by atoms with Gasteiger partial charge in [0.25, 0.3) is 5.91 Å². The van der Waals surface area contributed by atoms with E-state index in [1.807, 2.05) is 41.2 Å². The molecule has 0 spiro atoms. The van der Waals surface area contributed by atoms with E-state index in [0.717, 1.165) is 37.1 Å². The second kappa shape index (κ2) is 8.24. The minimum Gasteiger partial charge on any atom is -0.379 e. The van der Waals surface area contributed by atoms with Gasteiger partial charge in [0.2, 0.25) is 0 Å². The van der Waals surface area contributed by atoms with Crippen molar-refractivity contribution >= 4 is 17.7 Å². The molecule has 3 rings (SSSR count). The molecule has 26 heavy (non-hydrogen) atoms. The summed E-state index contributed by atoms with van der Waals surface area (Å²) in [6.45, 7) is 8.15. The summed E-state index contributed by atoms with van der Waals surface area (Å²) in [4.78, 5) is 19.6. The third-order valence-corrected chi connectivity index (χ3v) is 5.36. The summed E-state index contributed by atoms with van der Waals surface area (Å²) >= 11 is 1.52. The first kappa shape index (κ1) is 18.9. The number of hydrogen-bond donors (Lipinski definition) is 1. The van der Waals surface area contributed by atoms with Crippen LogP contribution in [0.25, 0.3) is 5.69 Å². The second-order valence-electron chi connectivity index (χ2n) is 6.90. The largest absolute Gasteiger partial charge is 0.379 e. The number of carbonyl (C=O) groups excluding carboxylic acids is 1. The molecule has 1 fully saturated rings. The summed E-state index contributed by atoms with van der Waals surface area (Å²) in [7, 11) is 0. The Morgan fingerprint density at radius 1 is 1.27 bits per heavy atom. The fourth-order valence-corrected chi connectivity index (χ4v) is 3.68. The topological polar surface area (TPSA) is 59.4 Å². The number of nitrogens with zero attached hydrogens (tertiary/aromatic N) is 3. The number of morpholine rings is 1. The van der Waals surface area contributed by atoms with E-state index in [1.165, 1.54) is 11.8 Å². The third-order valence-electron chi connectivity index (χ3n) is 4.71. The summed E-state index contributed by atoms with van der Waals surface area (Å²) < 4.78 is 7.33. The van der Waals surface area contributed by atoms with Crippen molar-refractivity contribution in [2.24, 2.45) is 0 Å². The van der Waals surface area contributed by atoms with Gasteiger partial charge in [0.15, 0.2) is 5.16 Å². The van der Waals surface area contributed by atoms with E-state index in [0.29, 0.717) is 12.2 Å². The quantitative estimate of drug-likeness (QED) is 0.787. The number of aromatic nitrogens is 2. The first-order valence-corrected chi connectivity index (χ1v) is 10.0. The Bertz CT molecular complexity index is 739. The maximum atomic E-state index is 12.9. The smallest absolute Gasteiger partial charge is 0.270 e. The Labute approximate surface area is 158 Å². The molecule has 1 aromatic heterocycles. The molecule has 0 atom stereocenters. The SMILES string of the molecule is CSc1ncc(C(=O)NCC(C)(C)N2CCOCC2)n1-c1ccccc1. The lowest BCUT2D eigenvalue weighted by Gasteiger charge is -2.40. The van der Waals surface area contributed by atoms with Gasteiger partial charge in [-0.15, -0.1) is 0 Å². The zero-order valence-electron chi connectivity index (χ0n) is 15.6. The third kappa shape index (κ3) is 4.11. The van der Waals surface area contributed by atoms with Crippen LogP contribution in [0.15, 0.2) is 41.7 Å². The molecule has 0 aliphatic carbocycles. The number of ether oxygens (including phenoxy) is 1. The van der Waals surface area contributed by atoms with Crippen LogP contribution in [-0.2, 0) is 4.74 Å². The number of nitrogens with one attached hydrogen (secondary N) is 1. The van der Waals surface area contributed by atoms with Gasteiger partial charge in [-0.2, -0.15) is 0 Å². The Hall–Kier alpha value is -1.83. The van der Waals surface area contributed by atoms with Crippen LogP contribution < -0.4 is 5.32 Å². The van der Waals surface area contributed by atoms with Crippen molar-refractivity contribution < 1.29 is 9.53 Å². The Balaban J connectivity index is 1.75. The molecule has 0 bridgehead atoms. The Kier molecular flexibility index (Phi) is 6.01. The van der Waals surface area contributed by atoms with Crippen molar-refractivity contribution in [2.75, 3.05) is 39.1 Å². The average molecular weight is 375 g/mol. The van der Waals surface area contributed by atoms with E-state index < -0.39 is 0 Å². The number of carbonyl (C=O) groups is 1. The van der Waals surface area contributed by atoms with Gasteiger partial charge >= 0.3 is 0 Å².